The molecule has 1 N–H and O–H groups in total. The number of fused-ring (bicyclic) bond motifs is 1. The number of aromatic nitrogens is 4. The zero-order valence-corrected chi connectivity index (χ0v) is 14.8. The molecule has 0 radical (unpaired) electrons. The molecule has 0 saturated carbocycles. The Balaban J connectivity index is 1.82. The third kappa shape index (κ3) is 3.04. The molecule has 0 aliphatic carbocycles. The van der Waals surface area contributed by atoms with Crippen LogP contribution in [-0.2, 0) is 0 Å². The molecule has 0 spiro atoms. The number of aryl methyl sites for hydroxylation is 1. The van der Waals surface area contributed by atoms with Crippen LogP contribution in [0.4, 0.5) is 11.5 Å². The van der Waals surface area contributed by atoms with Crippen molar-refractivity contribution in [2.45, 2.75) is 6.92 Å². The number of rotatable bonds is 3. The van der Waals surface area contributed by atoms with Crippen LogP contribution in [0.2, 0.25) is 10.0 Å². The Kier molecular flexibility index (Phi) is 4.03. The summed E-state index contributed by atoms with van der Waals surface area (Å²) in [7, 11) is 0. The monoisotopic (exact) mass is 369 g/mol. The second-order valence-electron chi connectivity index (χ2n) is 5.58. The van der Waals surface area contributed by atoms with Gasteiger partial charge in [0.15, 0.2) is 5.65 Å². The van der Waals surface area contributed by atoms with Crippen LogP contribution in [0.15, 0.2) is 55.0 Å². The molecule has 5 nitrogen and oxygen atoms in total. The van der Waals surface area contributed by atoms with Crippen molar-refractivity contribution in [3.05, 3.63) is 70.6 Å². The van der Waals surface area contributed by atoms with E-state index in [4.69, 9.17) is 23.2 Å². The highest BCUT2D eigenvalue weighted by atomic mass is 35.5. The minimum atomic E-state index is 0.649. The largest absolute Gasteiger partial charge is 0.339 e. The van der Waals surface area contributed by atoms with Gasteiger partial charge in [0.05, 0.1) is 17.3 Å². The van der Waals surface area contributed by atoms with Gasteiger partial charge in [-0.3, -0.25) is 0 Å². The third-order valence-corrected chi connectivity index (χ3v) is 4.32. The predicted octanol–water partition coefficient (Wildman–Crippen LogP) is 5.17. The molecule has 0 unspecified atom stereocenters. The molecule has 2 aromatic carbocycles. The number of hydrogen-bond acceptors (Lipinski definition) is 4. The summed E-state index contributed by atoms with van der Waals surface area (Å²) in [6.45, 7) is 2.01. The quantitative estimate of drug-likeness (QED) is 0.540. The predicted molar refractivity (Wildman–Crippen MR) is 101 cm³/mol. The van der Waals surface area contributed by atoms with E-state index in [1.807, 2.05) is 49.4 Å². The van der Waals surface area contributed by atoms with Crippen LogP contribution in [-0.4, -0.2) is 19.7 Å². The molecule has 0 bridgehead atoms. The second-order valence-corrected chi connectivity index (χ2v) is 6.45. The van der Waals surface area contributed by atoms with Gasteiger partial charge < -0.3 is 5.32 Å². The summed E-state index contributed by atoms with van der Waals surface area (Å²) in [4.78, 5) is 8.72. The van der Waals surface area contributed by atoms with Crippen LogP contribution in [0.1, 0.15) is 5.56 Å². The second kappa shape index (κ2) is 6.35. The highest BCUT2D eigenvalue weighted by Gasteiger charge is 2.13. The summed E-state index contributed by atoms with van der Waals surface area (Å²) in [5.41, 5.74) is 3.48. The lowest BCUT2D eigenvalue weighted by Crippen LogP contribution is -2.01. The van der Waals surface area contributed by atoms with Crippen molar-refractivity contribution in [1.29, 1.82) is 0 Å². The summed E-state index contributed by atoms with van der Waals surface area (Å²) in [5.74, 6) is 0.665. The molecule has 0 fully saturated rings. The molecule has 0 amide bonds. The van der Waals surface area contributed by atoms with Gasteiger partial charge in [0.2, 0.25) is 0 Å². The topological polar surface area (TPSA) is 55.6 Å². The summed E-state index contributed by atoms with van der Waals surface area (Å²) < 4.78 is 1.77. The molecule has 124 valence electrons. The van der Waals surface area contributed by atoms with Crippen LogP contribution >= 0.6 is 23.2 Å². The van der Waals surface area contributed by atoms with Crippen molar-refractivity contribution in [2.24, 2.45) is 0 Å². The van der Waals surface area contributed by atoms with Gasteiger partial charge in [-0.25, -0.2) is 14.6 Å². The van der Waals surface area contributed by atoms with Crippen molar-refractivity contribution in [3.63, 3.8) is 0 Å². The van der Waals surface area contributed by atoms with Gasteiger partial charge in [0.1, 0.15) is 12.1 Å². The zero-order chi connectivity index (χ0) is 17.4. The fourth-order valence-corrected chi connectivity index (χ4v) is 2.99. The maximum atomic E-state index is 6.14. The Labute approximate surface area is 154 Å². The van der Waals surface area contributed by atoms with Crippen molar-refractivity contribution in [1.82, 2.24) is 19.7 Å². The first-order valence-electron chi connectivity index (χ1n) is 7.60. The Bertz CT molecular complexity index is 1070. The number of nitrogens with one attached hydrogen (secondary N) is 1. The summed E-state index contributed by atoms with van der Waals surface area (Å²) in [6.07, 6.45) is 3.25. The van der Waals surface area contributed by atoms with Gasteiger partial charge in [-0.2, -0.15) is 5.10 Å². The van der Waals surface area contributed by atoms with E-state index < -0.39 is 0 Å². The molecular formula is C18H13Cl2N5. The molecule has 4 rings (SSSR count). The van der Waals surface area contributed by atoms with Gasteiger partial charge in [0, 0.05) is 15.7 Å². The van der Waals surface area contributed by atoms with E-state index in [2.05, 4.69) is 20.4 Å². The average molecular weight is 370 g/mol. The minimum Gasteiger partial charge on any atom is -0.339 e. The molecule has 2 heterocycles. The highest BCUT2D eigenvalue weighted by molar-refractivity contribution is 6.31. The lowest BCUT2D eigenvalue weighted by atomic mass is 10.2. The molecule has 4 aromatic rings. The van der Waals surface area contributed by atoms with Crippen molar-refractivity contribution in [2.75, 3.05) is 5.32 Å². The van der Waals surface area contributed by atoms with E-state index in [9.17, 15) is 0 Å². The summed E-state index contributed by atoms with van der Waals surface area (Å²) >= 11 is 12.2. The maximum Gasteiger partial charge on any atom is 0.168 e. The molecule has 0 aliphatic rings. The fourth-order valence-electron chi connectivity index (χ4n) is 2.63. The van der Waals surface area contributed by atoms with Crippen LogP contribution in [0.25, 0.3) is 16.7 Å². The van der Waals surface area contributed by atoms with E-state index in [0.29, 0.717) is 21.5 Å². The van der Waals surface area contributed by atoms with Gasteiger partial charge >= 0.3 is 0 Å². The molecule has 0 aliphatic heterocycles. The van der Waals surface area contributed by atoms with E-state index in [1.54, 1.807) is 10.9 Å². The van der Waals surface area contributed by atoms with E-state index in [0.717, 1.165) is 22.3 Å². The lowest BCUT2D eigenvalue weighted by Gasteiger charge is -2.09. The Morgan fingerprint density at radius 3 is 2.68 bits per heavy atom. The average Bonchev–Trinajstić information content (AvgIpc) is 3.02. The fraction of sp³-hybridized carbons (Fsp3) is 0.0556. The van der Waals surface area contributed by atoms with Gasteiger partial charge in [0.25, 0.3) is 0 Å². The van der Waals surface area contributed by atoms with Gasteiger partial charge in [-0.1, -0.05) is 35.3 Å². The Morgan fingerprint density at radius 1 is 1.00 bits per heavy atom. The maximum absolute atomic E-state index is 6.14. The molecular weight excluding hydrogens is 357 g/mol. The van der Waals surface area contributed by atoms with E-state index in [1.165, 1.54) is 6.33 Å². The van der Waals surface area contributed by atoms with Gasteiger partial charge in [-0.15, -0.1) is 0 Å². The number of benzene rings is 2. The molecule has 0 saturated heterocycles. The van der Waals surface area contributed by atoms with Crippen molar-refractivity contribution in [3.8, 4) is 5.69 Å². The number of nitrogens with zero attached hydrogens (tertiary/aromatic N) is 4. The van der Waals surface area contributed by atoms with Crippen LogP contribution in [0.3, 0.4) is 0 Å². The summed E-state index contributed by atoms with van der Waals surface area (Å²) in [6, 6.07) is 13.1. The first-order chi connectivity index (χ1) is 12.1. The number of halogens is 2. The third-order valence-electron chi connectivity index (χ3n) is 3.85. The van der Waals surface area contributed by atoms with E-state index in [-0.39, 0.29) is 0 Å². The normalized spacial score (nSPS) is 11.0. The van der Waals surface area contributed by atoms with Gasteiger partial charge in [-0.05, 0) is 42.8 Å². The minimum absolute atomic E-state index is 0.649. The first-order valence-corrected chi connectivity index (χ1v) is 8.35. The van der Waals surface area contributed by atoms with Crippen LogP contribution in [0.5, 0.6) is 0 Å². The lowest BCUT2D eigenvalue weighted by molar-refractivity contribution is 0.887. The Hall–Kier alpha value is -2.63. The van der Waals surface area contributed by atoms with Crippen LogP contribution in [0, 0.1) is 6.92 Å². The molecule has 25 heavy (non-hydrogen) atoms. The smallest absolute Gasteiger partial charge is 0.168 e. The number of hydrogen-bond donors (Lipinski definition) is 1. The van der Waals surface area contributed by atoms with E-state index >= 15 is 0 Å². The van der Waals surface area contributed by atoms with Crippen molar-refractivity contribution >= 4 is 45.7 Å². The molecule has 7 heteroatoms. The summed E-state index contributed by atoms with van der Waals surface area (Å²) in [5, 5.41) is 9.85. The standard InChI is InChI=1S/C18H13Cl2N5/c1-11-5-6-13(20)8-16(11)25-18-15(9-23-25)17(21-10-22-18)24-14-4-2-3-12(19)7-14/h2-10H,1H3,(H,21,22,24). The van der Waals surface area contributed by atoms with Crippen molar-refractivity contribution < 1.29 is 0 Å². The molecule has 2 aromatic heterocycles. The SMILES string of the molecule is Cc1ccc(Cl)cc1-n1ncc2c(Nc3cccc(Cl)c3)ncnc21. The van der Waals surface area contributed by atoms with Crippen LogP contribution < -0.4 is 5.32 Å². The number of anilines is 2. The highest BCUT2D eigenvalue weighted by Crippen LogP contribution is 2.27. The first kappa shape index (κ1) is 15.9. The molecule has 0 atom stereocenters. The Morgan fingerprint density at radius 2 is 1.84 bits per heavy atom. The zero-order valence-electron chi connectivity index (χ0n) is 13.2.